The number of unbranched alkanes of at least 4 members (excludes halogenated alkanes) is 2. The number of carbonyl (C=O) groups excluding carboxylic acids is 4. The van der Waals surface area contributed by atoms with E-state index in [0.29, 0.717) is 18.9 Å². The predicted molar refractivity (Wildman–Crippen MR) is 177 cm³/mol. The molecule has 2 aliphatic rings. The molecule has 2 fully saturated rings. The van der Waals surface area contributed by atoms with Crippen molar-refractivity contribution in [2.24, 2.45) is 11.8 Å². The number of likely N-dealkylation sites (tertiary alicyclic amines) is 1. The Morgan fingerprint density at radius 3 is 2.60 bits per heavy atom. The lowest BCUT2D eigenvalue weighted by atomic mass is 9.81. The number of carbonyl (C=O) groups is 4. The second-order valence-electron chi connectivity index (χ2n) is 12.2. The van der Waals surface area contributed by atoms with Crippen LogP contribution in [-0.4, -0.2) is 74.2 Å². The highest BCUT2D eigenvalue weighted by molar-refractivity contribution is 8.01. The number of hydrogen-bond donors (Lipinski definition) is 3. The lowest BCUT2D eigenvalue weighted by molar-refractivity contribution is -0.139. The Kier molecular flexibility index (Phi) is 11.0. The number of pyridine rings is 1. The summed E-state index contributed by atoms with van der Waals surface area (Å²) in [6, 6.07) is 8.04. The van der Waals surface area contributed by atoms with E-state index in [9.17, 15) is 19.2 Å². The number of aromatic nitrogens is 3. The molecular formula is C33H45N7O4S. The number of fused-ring (bicyclic) bond motifs is 3. The maximum Gasteiger partial charge on any atom is 0.242 e. The smallest absolute Gasteiger partial charge is 0.242 e. The summed E-state index contributed by atoms with van der Waals surface area (Å²) in [5.41, 5.74) is 9.00. The van der Waals surface area contributed by atoms with Gasteiger partial charge in [0, 0.05) is 50.8 Å². The summed E-state index contributed by atoms with van der Waals surface area (Å²) in [6.45, 7) is 3.99. The Hall–Kier alpha value is -3.67. The second-order valence-corrected chi connectivity index (χ2v) is 13.4. The van der Waals surface area contributed by atoms with Crippen molar-refractivity contribution in [3.8, 4) is 0 Å². The average Bonchev–Trinajstić information content (AvgIpc) is 3.55. The van der Waals surface area contributed by atoms with Crippen molar-refractivity contribution in [2.45, 2.75) is 82.9 Å². The summed E-state index contributed by atoms with van der Waals surface area (Å²) in [7, 11) is 1.55. The standard InChI is InChI=1S/C33H45N7O4S/c1-3-4-11-26-38-29-30(23-9-5-6-10-24(23)37-31(29)34)39(26)17-8-7-16-36-32(43)22-14-12-21(13-15-22)19-40-28(42)18-25(33(40)44)45-20-27(41)35-2/h5-6,9-10,21-22,25H,3-4,7-8,11-20H2,1-2H3,(H2,34,37)(H,35,41)(H,36,43). The second kappa shape index (κ2) is 15.1. The van der Waals surface area contributed by atoms with Gasteiger partial charge in [0.1, 0.15) is 11.3 Å². The molecule has 1 saturated heterocycles. The number of nitrogens with one attached hydrogen (secondary N) is 2. The van der Waals surface area contributed by atoms with Crippen LogP contribution in [0.25, 0.3) is 21.9 Å². The van der Waals surface area contributed by atoms with Crippen LogP contribution in [0.2, 0.25) is 0 Å². The Morgan fingerprint density at radius 1 is 1.07 bits per heavy atom. The van der Waals surface area contributed by atoms with E-state index in [-0.39, 0.29) is 47.6 Å². The molecule has 45 heavy (non-hydrogen) atoms. The van der Waals surface area contributed by atoms with Gasteiger partial charge in [-0.2, -0.15) is 0 Å². The first kappa shape index (κ1) is 32.7. The van der Waals surface area contributed by atoms with Crippen LogP contribution < -0.4 is 16.4 Å². The minimum atomic E-state index is -0.484. The molecular weight excluding hydrogens is 590 g/mol. The minimum absolute atomic E-state index is 0.0397. The number of hydrogen-bond acceptors (Lipinski definition) is 8. The Balaban J connectivity index is 1.08. The maximum atomic E-state index is 13.0. The molecule has 1 aliphatic heterocycles. The zero-order valence-electron chi connectivity index (χ0n) is 26.3. The van der Waals surface area contributed by atoms with Gasteiger partial charge in [-0.05, 0) is 56.9 Å². The van der Waals surface area contributed by atoms with Gasteiger partial charge in [-0.15, -0.1) is 11.8 Å². The average molecular weight is 636 g/mol. The molecule has 1 saturated carbocycles. The van der Waals surface area contributed by atoms with Gasteiger partial charge in [0.05, 0.1) is 22.0 Å². The van der Waals surface area contributed by atoms with Crippen LogP contribution in [0.15, 0.2) is 24.3 Å². The Labute approximate surface area is 268 Å². The van der Waals surface area contributed by atoms with Crippen molar-refractivity contribution < 1.29 is 19.2 Å². The number of para-hydroxylation sites is 1. The number of nitrogen functional groups attached to an aromatic ring is 1. The van der Waals surface area contributed by atoms with Crippen LogP contribution in [0.3, 0.4) is 0 Å². The Morgan fingerprint density at radius 2 is 1.84 bits per heavy atom. The molecule has 5 rings (SSSR count). The highest BCUT2D eigenvalue weighted by Gasteiger charge is 2.40. The number of nitrogens with zero attached hydrogens (tertiary/aromatic N) is 4. The van der Waals surface area contributed by atoms with E-state index in [2.05, 4.69) is 33.2 Å². The normalized spacial score (nSPS) is 20.3. The summed E-state index contributed by atoms with van der Waals surface area (Å²) < 4.78 is 2.30. The molecule has 1 aromatic carbocycles. The largest absolute Gasteiger partial charge is 0.382 e. The number of imide groups is 1. The monoisotopic (exact) mass is 635 g/mol. The van der Waals surface area contributed by atoms with E-state index in [0.717, 1.165) is 92.1 Å². The molecule has 3 heterocycles. The van der Waals surface area contributed by atoms with E-state index < -0.39 is 5.25 Å². The van der Waals surface area contributed by atoms with Crippen LogP contribution in [0.5, 0.6) is 0 Å². The molecule has 12 heteroatoms. The lowest BCUT2D eigenvalue weighted by Crippen LogP contribution is -2.39. The number of nitrogens with two attached hydrogens (primary N) is 1. The predicted octanol–water partition coefficient (Wildman–Crippen LogP) is 3.82. The molecule has 2 aromatic heterocycles. The quantitative estimate of drug-likeness (QED) is 0.179. The maximum absolute atomic E-state index is 13.0. The Bertz CT molecular complexity index is 1550. The van der Waals surface area contributed by atoms with Crippen LogP contribution in [0.1, 0.15) is 70.5 Å². The minimum Gasteiger partial charge on any atom is -0.382 e. The zero-order chi connectivity index (χ0) is 31.9. The fourth-order valence-electron chi connectivity index (χ4n) is 6.51. The van der Waals surface area contributed by atoms with Crippen LogP contribution >= 0.6 is 11.8 Å². The van der Waals surface area contributed by atoms with E-state index in [1.165, 1.54) is 16.7 Å². The number of aryl methyl sites for hydroxylation is 2. The summed E-state index contributed by atoms with van der Waals surface area (Å²) >= 11 is 1.22. The van der Waals surface area contributed by atoms with E-state index in [1.54, 1.807) is 7.05 Å². The molecule has 11 nitrogen and oxygen atoms in total. The number of rotatable bonds is 14. The summed E-state index contributed by atoms with van der Waals surface area (Å²) in [5, 5.41) is 6.25. The zero-order valence-corrected chi connectivity index (χ0v) is 27.2. The molecule has 1 atom stereocenters. The van der Waals surface area contributed by atoms with Crippen LogP contribution in [0.4, 0.5) is 5.82 Å². The van der Waals surface area contributed by atoms with Crippen molar-refractivity contribution in [3.63, 3.8) is 0 Å². The SMILES string of the molecule is CCCCc1nc2c(N)nc3ccccc3c2n1CCCCNC(=O)C1CCC(CN2C(=O)CC(SCC(=O)NC)C2=O)CC1. The number of anilines is 1. The van der Waals surface area contributed by atoms with E-state index in [4.69, 9.17) is 10.7 Å². The molecule has 3 aromatic rings. The molecule has 4 amide bonds. The van der Waals surface area contributed by atoms with Crippen molar-refractivity contribution in [1.29, 1.82) is 0 Å². The fraction of sp³-hybridized carbons (Fsp3) is 0.576. The summed E-state index contributed by atoms with van der Waals surface area (Å²) in [6.07, 6.45) is 8.05. The van der Waals surface area contributed by atoms with Gasteiger partial charge in [0.2, 0.25) is 23.6 Å². The van der Waals surface area contributed by atoms with E-state index in [1.807, 2.05) is 18.2 Å². The molecule has 4 N–H and O–H groups in total. The highest BCUT2D eigenvalue weighted by atomic mass is 32.2. The molecule has 1 unspecified atom stereocenters. The van der Waals surface area contributed by atoms with Gasteiger partial charge in [0.25, 0.3) is 0 Å². The van der Waals surface area contributed by atoms with Crippen molar-refractivity contribution in [3.05, 3.63) is 30.1 Å². The van der Waals surface area contributed by atoms with Gasteiger partial charge in [-0.25, -0.2) is 9.97 Å². The number of thioether (sulfide) groups is 1. The van der Waals surface area contributed by atoms with Crippen LogP contribution in [0, 0.1) is 11.8 Å². The highest BCUT2D eigenvalue weighted by Crippen LogP contribution is 2.33. The number of benzene rings is 1. The summed E-state index contributed by atoms with van der Waals surface area (Å²) in [4.78, 5) is 60.7. The van der Waals surface area contributed by atoms with Gasteiger partial charge in [-0.1, -0.05) is 31.5 Å². The van der Waals surface area contributed by atoms with Gasteiger partial charge in [-0.3, -0.25) is 24.1 Å². The summed E-state index contributed by atoms with van der Waals surface area (Å²) in [5.74, 6) is 1.41. The third-order valence-electron chi connectivity index (χ3n) is 9.11. The topological polar surface area (TPSA) is 152 Å². The van der Waals surface area contributed by atoms with E-state index >= 15 is 0 Å². The number of amides is 4. The molecule has 1 aliphatic carbocycles. The first-order valence-electron chi connectivity index (χ1n) is 16.3. The van der Waals surface area contributed by atoms with Crippen molar-refractivity contribution >= 4 is 63.1 Å². The molecule has 242 valence electrons. The van der Waals surface area contributed by atoms with Gasteiger partial charge >= 0.3 is 0 Å². The third-order valence-corrected chi connectivity index (χ3v) is 10.3. The van der Waals surface area contributed by atoms with Gasteiger partial charge < -0.3 is 20.9 Å². The lowest BCUT2D eigenvalue weighted by Gasteiger charge is -2.30. The first-order valence-corrected chi connectivity index (χ1v) is 17.3. The first-order chi connectivity index (χ1) is 21.8. The van der Waals surface area contributed by atoms with Gasteiger partial charge in [0.15, 0.2) is 5.82 Å². The molecule has 0 radical (unpaired) electrons. The molecule has 0 spiro atoms. The van der Waals surface area contributed by atoms with Crippen molar-refractivity contribution in [2.75, 3.05) is 31.6 Å². The van der Waals surface area contributed by atoms with Crippen molar-refractivity contribution in [1.82, 2.24) is 30.1 Å². The molecule has 0 bridgehead atoms. The fourth-order valence-corrected chi connectivity index (χ4v) is 7.54. The number of imidazole rings is 1. The van der Waals surface area contributed by atoms with Crippen LogP contribution in [-0.2, 0) is 32.1 Å². The third kappa shape index (κ3) is 7.59.